The molecule has 1 rings (SSSR count). The van der Waals surface area contributed by atoms with Crippen LogP contribution >= 0.6 is 15.9 Å². The minimum atomic E-state index is -2.80. The normalized spacial score (nSPS) is 10.7. The van der Waals surface area contributed by atoms with Crippen molar-refractivity contribution in [3.8, 4) is 0 Å². The Labute approximate surface area is 87.1 Å². The zero-order valence-electron chi connectivity index (χ0n) is 7.15. The van der Waals surface area contributed by atoms with Crippen molar-refractivity contribution in [2.45, 2.75) is 13.3 Å². The Kier molecular flexibility index (Phi) is 3.31. The lowest BCUT2D eigenvalue weighted by molar-refractivity contribution is 0.0998. The molecular weight excluding hydrogens is 261 g/mol. The van der Waals surface area contributed by atoms with Crippen molar-refractivity contribution in [2.75, 3.05) is 0 Å². The lowest BCUT2D eigenvalue weighted by atomic mass is 10.0. The number of carbonyl (C=O) groups is 1. The molecule has 1 nitrogen and oxygen atoms in total. The molecule has 0 spiro atoms. The average molecular weight is 267 g/mol. The molecule has 0 N–H and O–H groups in total. The second kappa shape index (κ2) is 4.13. The van der Waals surface area contributed by atoms with E-state index in [1.54, 1.807) is 0 Å². The van der Waals surface area contributed by atoms with Crippen molar-refractivity contribution in [3.63, 3.8) is 0 Å². The summed E-state index contributed by atoms with van der Waals surface area (Å²) in [6.07, 6.45) is -2.80. The Morgan fingerprint density at radius 1 is 1.43 bits per heavy atom. The molecule has 0 aliphatic heterocycles. The fraction of sp³-hybridized carbons (Fsp3) is 0.222. The highest BCUT2D eigenvalue weighted by Crippen LogP contribution is 2.31. The smallest absolute Gasteiger partial charge is 0.265 e. The monoisotopic (exact) mass is 266 g/mol. The fourth-order valence-electron chi connectivity index (χ4n) is 1.10. The summed E-state index contributed by atoms with van der Waals surface area (Å²) in [7, 11) is 0. The van der Waals surface area contributed by atoms with Gasteiger partial charge in [0, 0.05) is 15.6 Å². The van der Waals surface area contributed by atoms with Crippen LogP contribution in [0, 0.1) is 5.82 Å². The van der Waals surface area contributed by atoms with Crippen molar-refractivity contribution in [3.05, 3.63) is 33.5 Å². The SMILES string of the molecule is CC(=O)c1cc(F)cc(Br)c1C(F)F. The van der Waals surface area contributed by atoms with Gasteiger partial charge < -0.3 is 0 Å². The van der Waals surface area contributed by atoms with Crippen LogP contribution in [-0.2, 0) is 0 Å². The van der Waals surface area contributed by atoms with Crippen LogP contribution in [0.25, 0.3) is 0 Å². The van der Waals surface area contributed by atoms with Crippen molar-refractivity contribution < 1.29 is 18.0 Å². The van der Waals surface area contributed by atoms with Crippen molar-refractivity contribution in [1.29, 1.82) is 0 Å². The Morgan fingerprint density at radius 2 is 2.00 bits per heavy atom. The van der Waals surface area contributed by atoms with Gasteiger partial charge in [-0.05, 0) is 19.1 Å². The van der Waals surface area contributed by atoms with Crippen LogP contribution < -0.4 is 0 Å². The third-order valence-electron chi connectivity index (χ3n) is 1.69. The van der Waals surface area contributed by atoms with Gasteiger partial charge in [0.25, 0.3) is 6.43 Å². The zero-order valence-corrected chi connectivity index (χ0v) is 8.74. The predicted molar refractivity (Wildman–Crippen MR) is 49.1 cm³/mol. The standard InChI is InChI=1S/C9H6BrF3O/c1-4(14)6-2-5(11)3-7(10)8(6)9(12)13/h2-3,9H,1H3. The largest absolute Gasteiger partial charge is 0.294 e. The Bertz CT molecular complexity index is 377. The van der Waals surface area contributed by atoms with Gasteiger partial charge in [0.1, 0.15) is 5.82 Å². The molecular formula is C9H6BrF3O. The van der Waals surface area contributed by atoms with E-state index in [0.29, 0.717) is 0 Å². The van der Waals surface area contributed by atoms with Gasteiger partial charge in [0.15, 0.2) is 5.78 Å². The van der Waals surface area contributed by atoms with Gasteiger partial charge in [-0.3, -0.25) is 4.79 Å². The maximum absolute atomic E-state index is 12.8. The zero-order chi connectivity index (χ0) is 10.9. The summed E-state index contributed by atoms with van der Waals surface area (Å²) >= 11 is 2.79. The molecule has 0 amide bonds. The van der Waals surface area contributed by atoms with Crippen LogP contribution in [-0.4, -0.2) is 5.78 Å². The summed E-state index contributed by atoms with van der Waals surface area (Å²) in [5, 5.41) is 0. The second-order valence-corrected chi connectivity index (χ2v) is 3.56. The van der Waals surface area contributed by atoms with E-state index in [1.165, 1.54) is 0 Å². The topological polar surface area (TPSA) is 17.1 Å². The predicted octanol–water partition coefficient (Wildman–Crippen LogP) is 3.73. The van der Waals surface area contributed by atoms with Gasteiger partial charge >= 0.3 is 0 Å². The van der Waals surface area contributed by atoms with E-state index in [1.807, 2.05) is 0 Å². The van der Waals surface area contributed by atoms with Crippen LogP contribution in [0.4, 0.5) is 13.2 Å². The number of carbonyl (C=O) groups excluding carboxylic acids is 1. The number of hydrogen-bond donors (Lipinski definition) is 0. The molecule has 0 radical (unpaired) electrons. The van der Waals surface area contributed by atoms with Gasteiger partial charge in [-0.2, -0.15) is 0 Å². The molecule has 0 saturated carbocycles. The molecule has 0 saturated heterocycles. The summed E-state index contributed by atoms with van der Waals surface area (Å²) in [5.74, 6) is -1.30. The average Bonchev–Trinajstić information content (AvgIpc) is 2.01. The van der Waals surface area contributed by atoms with E-state index in [2.05, 4.69) is 15.9 Å². The molecule has 0 unspecified atom stereocenters. The van der Waals surface area contributed by atoms with E-state index in [-0.39, 0.29) is 10.0 Å². The van der Waals surface area contributed by atoms with E-state index in [0.717, 1.165) is 19.1 Å². The first-order valence-corrected chi connectivity index (χ1v) is 4.50. The summed E-state index contributed by atoms with van der Waals surface area (Å²) in [6.45, 7) is 1.12. The Balaban J connectivity index is 3.44. The molecule has 76 valence electrons. The van der Waals surface area contributed by atoms with Crippen LogP contribution in [0.3, 0.4) is 0 Å². The summed E-state index contributed by atoms with van der Waals surface area (Å²) in [4.78, 5) is 11.0. The maximum atomic E-state index is 12.8. The van der Waals surface area contributed by atoms with Gasteiger partial charge in [0.2, 0.25) is 0 Å². The molecule has 14 heavy (non-hydrogen) atoms. The minimum absolute atomic E-state index is 0.0855. The molecule has 1 aromatic rings. The first-order chi connectivity index (χ1) is 6.43. The van der Waals surface area contributed by atoms with E-state index >= 15 is 0 Å². The number of rotatable bonds is 2. The lowest BCUT2D eigenvalue weighted by Crippen LogP contribution is -2.02. The third-order valence-corrected chi connectivity index (χ3v) is 2.35. The molecule has 0 heterocycles. The number of hydrogen-bond acceptors (Lipinski definition) is 1. The molecule has 5 heteroatoms. The lowest BCUT2D eigenvalue weighted by Gasteiger charge is -2.08. The quantitative estimate of drug-likeness (QED) is 0.746. The highest BCUT2D eigenvalue weighted by atomic mass is 79.9. The van der Waals surface area contributed by atoms with Gasteiger partial charge in [-0.1, -0.05) is 15.9 Å². The number of benzene rings is 1. The number of Topliss-reactive ketones (excluding diaryl/α,β-unsaturated/α-hetero) is 1. The Morgan fingerprint density at radius 3 is 2.43 bits per heavy atom. The van der Waals surface area contributed by atoms with E-state index in [9.17, 15) is 18.0 Å². The molecule has 0 aliphatic carbocycles. The summed E-state index contributed by atoms with van der Waals surface area (Å²) < 4.78 is 37.7. The second-order valence-electron chi connectivity index (χ2n) is 2.71. The van der Waals surface area contributed by atoms with Gasteiger partial charge in [-0.25, -0.2) is 13.2 Å². The van der Waals surface area contributed by atoms with Crippen molar-refractivity contribution in [2.24, 2.45) is 0 Å². The first-order valence-electron chi connectivity index (χ1n) is 3.71. The number of ketones is 1. The minimum Gasteiger partial charge on any atom is -0.294 e. The fourth-order valence-corrected chi connectivity index (χ4v) is 1.70. The van der Waals surface area contributed by atoms with Gasteiger partial charge in [-0.15, -0.1) is 0 Å². The van der Waals surface area contributed by atoms with Crippen molar-refractivity contribution >= 4 is 21.7 Å². The Hall–Kier alpha value is -0.840. The summed E-state index contributed by atoms with van der Waals surface area (Å²) in [6, 6.07) is 1.72. The van der Waals surface area contributed by atoms with Gasteiger partial charge in [0.05, 0.1) is 0 Å². The molecule has 0 aliphatic rings. The number of halogens is 4. The van der Waals surface area contributed by atoms with Crippen molar-refractivity contribution in [1.82, 2.24) is 0 Å². The third kappa shape index (κ3) is 2.15. The molecule has 0 aromatic heterocycles. The maximum Gasteiger partial charge on any atom is 0.265 e. The van der Waals surface area contributed by atoms with Crippen LogP contribution in [0.15, 0.2) is 16.6 Å². The number of alkyl halides is 2. The highest BCUT2D eigenvalue weighted by molar-refractivity contribution is 9.10. The van der Waals surface area contributed by atoms with Crippen LogP contribution in [0.2, 0.25) is 0 Å². The van der Waals surface area contributed by atoms with Crippen LogP contribution in [0.1, 0.15) is 29.3 Å². The van der Waals surface area contributed by atoms with E-state index in [4.69, 9.17) is 0 Å². The molecule has 0 atom stereocenters. The van der Waals surface area contributed by atoms with E-state index < -0.39 is 23.6 Å². The van der Waals surface area contributed by atoms with Crippen LogP contribution in [0.5, 0.6) is 0 Å². The molecule has 1 aromatic carbocycles. The summed E-state index contributed by atoms with van der Waals surface area (Å²) in [5.41, 5.74) is -0.745. The first kappa shape index (κ1) is 11.2. The molecule has 0 bridgehead atoms. The highest BCUT2D eigenvalue weighted by Gasteiger charge is 2.20. The molecule has 0 fully saturated rings.